The van der Waals surface area contributed by atoms with E-state index in [4.69, 9.17) is 15.0 Å². The summed E-state index contributed by atoms with van der Waals surface area (Å²) in [5.74, 6) is 0.729. The number of nitrogens with two attached hydrogens (primary N) is 1. The number of nitrogens with zero attached hydrogens (tertiary/aromatic N) is 4. The molecule has 1 aromatic carbocycles. The van der Waals surface area contributed by atoms with E-state index in [-0.39, 0.29) is 18.7 Å². The number of hydrogen-bond acceptors (Lipinski definition) is 7. The van der Waals surface area contributed by atoms with Gasteiger partial charge < -0.3 is 19.6 Å². The molecule has 0 saturated carbocycles. The zero-order chi connectivity index (χ0) is 18.6. The molecule has 0 fully saturated rings. The molecule has 0 aliphatic carbocycles. The largest absolute Gasteiger partial charge is 0.441 e. The summed E-state index contributed by atoms with van der Waals surface area (Å²) in [7, 11) is -3.09. The molecule has 26 heavy (non-hydrogen) atoms. The van der Waals surface area contributed by atoms with Gasteiger partial charge >= 0.3 is 0 Å². The van der Waals surface area contributed by atoms with E-state index in [0.717, 1.165) is 0 Å². The number of anilines is 1. The summed E-state index contributed by atoms with van der Waals surface area (Å²) < 4.78 is 38.5. The molecule has 2 heterocycles. The molecule has 3 rings (SSSR count). The Labute approximate surface area is 149 Å². The third kappa shape index (κ3) is 4.36. The molecule has 0 aliphatic rings. The number of rotatable bonds is 8. The van der Waals surface area contributed by atoms with Gasteiger partial charge in [-0.05, 0) is 12.1 Å². The molecule has 2 atom stereocenters. The van der Waals surface area contributed by atoms with Crippen molar-refractivity contribution in [3.05, 3.63) is 43.0 Å². The van der Waals surface area contributed by atoms with Crippen LogP contribution in [-0.2, 0) is 15.8 Å². The third-order valence-electron chi connectivity index (χ3n) is 3.59. The molecular formula is C16H19FN5O3P. The van der Waals surface area contributed by atoms with Gasteiger partial charge in [-0.15, -0.1) is 0 Å². The molecule has 0 aliphatic heterocycles. The lowest BCUT2D eigenvalue weighted by atomic mass is 10.3. The quantitative estimate of drug-likeness (QED) is 0.600. The van der Waals surface area contributed by atoms with E-state index in [1.807, 2.05) is 6.07 Å². The average Bonchev–Trinajstić information content (AvgIpc) is 3.03. The van der Waals surface area contributed by atoms with Gasteiger partial charge in [-0.25, -0.2) is 19.3 Å². The van der Waals surface area contributed by atoms with Crippen LogP contribution in [0.1, 0.15) is 0 Å². The van der Waals surface area contributed by atoms with E-state index < -0.39 is 20.1 Å². The lowest BCUT2D eigenvalue weighted by Crippen LogP contribution is -2.23. The number of fused-ring (bicyclic) bond motifs is 1. The zero-order valence-corrected chi connectivity index (χ0v) is 15.1. The number of hydrogen-bond donors (Lipinski definition) is 1. The predicted molar refractivity (Wildman–Crippen MR) is 96.1 cm³/mol. The summed E-state index contributed by atoms with van der Waals surface area (Å²) in [5.41, 5.74) is 6.67. The molecule has 8 nitrogen and oxygen atoms in total. The van der Waals surface area contributed by atoms with Crippen LogP contribution in [0.4, 0.5) is 10.2 Å². The highest BCUT2D eigenvalue weighted by Crippen LogP contribution is 2.43. The summed E-state index contributed by atoms with van der Waals surface area (Å²) in [6, 6.07) is 8.78. The third-order valence-corrected chi connectivity index (χ3v) is 4.80. The van der Waals surface area contributed by atoms with E-state index in [1.165, 1.54) is 19.3 Å². The molecule has 2 aromatic heterocycles. The smallest absolute Gasteiger partial charge is 0.269 e. The minimum Gasteiger partial charge on any atom is -0.441 e. The highest BCUT2D eigenvalue weighted by atomic mass is 31.2. The van der Waals surface area contributed by atoms with Gasteiger partial charge in [0.2, 0.25) is 0 Å². The Morgan fingerprint density at radius 3 is 2.77 bits per heavy atom. The summed E-state index contributed by atoms with van der Waals surface area (Å²) in [5, 5.41) is 0. The van der Waals surface area contributed by atoms with Crippen LogP contribution in [0.5, 0.6) is 5.75 Å². The molecule has 0 bridgehead atoms. The number of aromatic nitrogens is 4. The van der Waals surface area contributed by atoms with Crippen LogP contribution in [-0.4, -0.2) is 45.3 Å². The zero-order valence-electron chi connectivity index (χ0n) is 14.2. The van der Waals surface area contributed by atoms with Crippen molar-refractivity contribution in [3.8, 4) is 5.75 Å². The van der Waals surface area contributed by atoms with Crippen molar-refractivity contribution in [3.63, 3.8) is 0 Å². The van der Waals surface area contributed by atoms with Crippen LogP contribution in [0.3, 0.4) is 0 Å². The molecule has 1 unspecified atom stereocenters. The Morgan fingerprint density at radius 1 is 1.27 bits per heavy atom. The van der Waals surface area contributed by atoms with E-state index in [0.29, 0.717) is 16.9 Å². The Morgan fingerprint density at radius 2 is 2.04 bits per heavy atom. The molecule has 0 spiro atoms. The molecule has 10 heteroatoms. The van der Waals surface area contributed by atoms with Crippen LogP contribution >= 0.6 is 7.37 Å². The van der Waals surface area contributed by atoms with E-state index in [1.54, 1.807) is 28.8 Å². The van der Waals surface area contributed by atoms with Crippen molar-refractivity contribution < 1.29 is 18.2 Å². The van der Waals surface area contributed by atoms with Crippen LogP contribution in [0.2, 0.25) is 0 Å². The number of benzene rings is 1. The van der Waals surface area contributed by atoms with Gasteiger partial charge in [0.15, 0.2) is 11.5 Å². The number of halogens is 1. The predicted octanol–water partition coefficient (Wildman–Crippen LogP) is 2.71. The highest BCUT2D eigenvalue weighted by Gasteiger charge is 2.22. The first kappa shape index (κ1) is 18.3. The van der Waals surface area contributed by atoms with E-state index in [2.05, 4.69) is 15.0 Å². The fraction of sp³-hybridized carbons (Fsp3) is 0.312. The first-order chi connectivity index (χ1) is 12.5. The Balaban J connectivity index is 1.64. The lowest BCUT2D eigenvalue weighted by molar-refractivity contribution is 0.0497. The minimum absolute atomic E-state index is 0.148. The molecule has 2 N–H and O–H groups in total. The summed E-state index contributed by atoms with van der Waals surface area (Å²) in [6.45, 7) is 0.843. The fourth-order valence-corrected chi connectivity index (χ4v) is 3.47. The van der Waals surface area contributed by atoms with Gasteiger partial charge in [0.05, 0.1) is 12.9 Å². The second kappa shape index (κ2) is 7.80. The van der Waals surface area contributed by atoms with Gasteiger partial charge in [0, 0.05) is 6.66 Å². The summed E-state index contributed by atoms with van der Waals surface area (Å²) >= 11 is 0. The van der Waals surface area contributed by atoms with Crippen molar-refractivity contribution in [2.75, 3.05) is 25.4 Å². The highest BCUT2D eigenvalue weighted by molar-refractivity contribution is 7.58. The number of para-hydroxylation sites is 1. The van der Waals surface area contributed by atoms with Gasteiger partial charge in [0.1, 0.15) is 36.7 Å². The SMILES string of the molecule is CP(=O)(CO[C@@H](CF)Cn1cnc2c(N)ncnc21)Oc1ccccc1. The number of alkyl halides is 1. The molecule has 0 saturated heterocycles. The van der Waals surface area contributed by atoms with Crippen molar-refractivity contribution in [2.24, 2.45) is 0 Å². The van der Waals surface area contributed by atoms with Crippen LogP contribution in [0, 0.1) is 0 Å². The van der Waals surface area contributed by atoms with Crippen LogP contribution < -0.4 is 10.3 Å². The van der Waals surface area contributed by atoms with E-state index >= 15 is 0 Å². The topological polar surface area (TPSA) is 105 Å². The van der Waals surface area contributed by atoms with Crippen LogP contribution in [0.15, 0.2) is 43.0 Å². The van der Waals surface area contributed by atoms with Crippen molar-refractivity contribution >= 4 is 24.4 Å². The maximum absolute atomic E-state index is 13.4. The molecular weight excluding hydrogens is 360 g/mol. The maximum atomic E-state index is 13.4. The number of ether oxygens (including phenoxy) is 1. The molecule has 0 radical (unpaired) electrons. The molecule has 3 aromatic rings. The first-order valence-corrected chi connectivity index (χ1v) is 10.1. The Bertz CT molecular complexity index is 921. The molecule has 138 valence electrons. The normalized spacial score (nSPS) is 14.8. The summed E-state index contributed by atoms with van der Waals surface area (Å²) in [6.07, 6.45) is 1.78. The second-order valence-corrected chi connectivity index (χ2v) is 8.29. The van der Waals surface area contributed by atoms with Gasteiger partial charge in [-0.1, -0.05) is 18.2 Å². The second-order valence-electron chi connectivity index (χ2n) is 5.82. The number of nitrogen functional groups attached to an aromatic ring is 1. The first-order valence-electron chi connectivity index (χ1n) is 7.88. The monoisotopic (exact) mass is 379 g/mol. The van der Waals surface area contributed by atoms with Crippen LogP contribution in [0.25, 0.3) is 11.2 Å². The Kier molecular flexibility index (Phi) is 5.49. The summed E-state index contributed by atoms with van der Waals surface area (Å²) in [4.78, 5) is 12.1. The minimum atomic E-state index is -3.09. The maximum Gasteiger partial charge on any atom is 0.269 e. The fourth-order valence-electron chi connectivity index (χ4n) is 2.37. The van der Waals surface area contributed by atoms with Gasteiger partial charge in [-0.3, -0.25) is 4.57 Å². The Hall–Kier alpha value is -2.51. The molecule has 0 amide bonds. The van der Waals surface area contributed by atoms with Crippen molar-refractivity contribution in [1.29, 1.82) is 0 Å². The van der Waals surface area contributed by atoms with Crippen molar-refractivity contribution in [1.82, 2.24) is 19.5 Å². The lowest BCUT2D eigenvalue weighted by Gasteiger charge is -2.20. The average molecular weight is 379 g/mol. The van der Waals surface area contributed by atoms with E-state index in [9.17, 15) is 8.96 Å². The van der Waals surface area contributed by atoms with Gasteiger partial charge in [0.25, 0.3) is 7.37 Å². The standard InChI is InChI=1S/C16H19FN5O3P/c1-26(23,25-12-5-3-2-4-6-12)11-24-13(7-17)8-22-10-21-14-15(18)19-9-20-16(14)22/h2-6,9-10,13H,7-8,11H2,1H3,(H2,18,19,20)/t13-,26?/m0/s1. The van der Waals surface area contributed by atoms with Gasteiger partial charge in [-0.2, -0.15) is 0 Å². The number of imidazole rings is 1. The van der Waals surface area contributed by atoms with Crippen molar-refractivity contribution in [2.45, 2.75) is 12.6 Å².